The number of hydrogen-bond donors (Lipinski definition) is 1. The summed E-state index contributed by atoms with van der Waals surface area (Å²) in [6, 6.07) is 8.53. The van der Waals surface area contributed by atoms with Crippen LogP contribution in [0.4, 0.5) is 0 Å². The summed E-state index contributed by atoms with van der Waals surface area (Å²) in [6.07, 6.45) is 0.527. The molecule has 1 unspecified atom stereocenters. The minimum atomic E-state index is -3.51. The lowest BCUT2D eigenvalue weighted by molar-refractivity contribution is 0.0906. The number of thioether (sulfide) groups is 1. The highest BCUT2D eigenvalue weighted by Crippen LogP contribution is 2.22. The summed E-state index contributed by atoms with van der Waals surface area (Å²) in [5, 5.41) is 2.82. The first-order chi connectivity index (χ1) is 8.96. The van der Waals surface area contributed by atoms with Gasteiger partial charge in [-0.2, -0.15) is 20.2 Å². The fraction of sp³-hybridized carbons (Fsp3) is 0.417. The van der Waals surface area contributed by atoms with Crippen LogP contribution in [0, 0.1) is 0 Å². The minimum absolute atomic E-state index is 0.213. The van der Waals surface area contributed by atoms with Crippen molar-refractivity contribution in [2.24, 2.45) is 0 Å². The highest BCUT2D eigenvalue weighted by atomic mass is 32.2. The molecule has 1 aromatic rings. The molecule has 7 heteroatoms. The fourth-order valence-electron chi connectivity index (χ4n) is 1.83. The third-order valence-electron chi connectivity index (χ3n) is 2.68. The number of benzene rings is 1. The molecule has 1 heterocycles. The van der Waals surface area contributed by atoms with E-state index in [0.29, 0.717) is 17.1 Å². The van der Waals surface area contributed by atoms with Gasteiger partial charge in [0, 0.05) is 17.1 Å². The van der Waals surface area contributed by atoms with E-state index in [1.807, 2.05) is 6.07 Å². The quantitative estimate of drug-likeness (QED) is 0.836. The van der Waals surface area contributed by atoms with Crippen molar-refractivity contribution in [2.75, 3.05) is 17.8 Å². The number of nitrogens with one attached hydrogen (secondary N) is 1. The highest BCUT2D eigenvalue weighted by molar-refractivity contribution is 7.99. The summed E-state index contributed by atoms with van der Waals surface area (Å²) < 4.78 is 27.3. The van der Waals surface area contributed by atoms with Crippen molar-refractivity contribution < 1.29 is 17.4 Å². The minimum Gasteiger partial charge on any atom is -0.346 e. The fourth-order valence-corrected chi connectivity index (χ4v) is 3.79. The summed E-state index contributed by atoms with van der Waals surface area (Å²) in [4.78, 5) is 12.0. The first-order valence-electron chi connectivity index (χ1n) is 5.77. The van der Waals surface area contributed by atoms with Crippen molar-refractivity contribution >= 4 is 27.8 Å². The third-order valence-corrected chi connectivity index (χ3v) is 4.44. The Kier molecular flexibility index (Phi) is 4.49. The van der Waals surface area contributed by atoms with E-state index >= 15 is 0 Å². The van der Waals surface area contributed by atoms with E-state index in [0.717, 1.165) is 6.26 Å². The Bertz CT molecular complexity index is 544. The smallest absolute Gasteiger partial charge is 0.264 e. The van der Waals surface area contributed by atoms with Gasteiger partial charge < -0.3 is 5.32 Å². The molecular formula is C12H15NO4S2. The van der Waals surface area contributed by atoms with Gasteiger partial charge in [0.05, 0.1) is 12.3 Å². The first-order valence-corrected chi connectivity index (χ1v) is 8.75. The van der Waals surface area contributed by atoms with Crippen LogP contribution in [0.5, 0.6) is 0 Å². The molecule has 0 bridgehead atoms. The van der Waals surface area contributed by atoms with Gasteiger partial charge in [-0.15, -0.1) is 0 Å². The Morgan fingerprint density at radius 3 is 2.63 bits per heavy atom. The topological polar surface area (TPSA) is 72.5 Å². The number of carbonyl (C=O) groups is 1. The Morgan fingerprint density at radius 1 is 1.32 bits per heavy atom. The lowest BCUT2D eigenvalue weighted by Crippen LogP contribution is -2.44. The molecule has 0 aliphatic carbocycles. The standard InChI is InChI=1S/C12H15NO4S2/c1-19(15,16)17-11-8-18-7-10(11)13-12(14)9-5-3-2-4-6-9/h2-6,10-11H,7-8H2,1H3,(H,13,14)/t10-,11?/m1/s1. The number of carbonyl (C=O) groups excluding carboxylic acids is 1. The van der Waals surface area contributed by atoms with Gasteiger partial charge in [-0.3, -0.25) is 8.98 Å². The van der Waals surface area contributed by atoms with Crippen molar-refractivity contribution in [1.82, 2.24) is 5.32 Å². The summed E-state index contributed by atoms with van der Waals surface area (Å²) in [5.74, 6) is 1.00. The van der Waals surface area contributed by atoms with E-state index in [2.05, 4.69) is 5.32 Å². The second kappa shape index (κ2) is 5.94. The predicted octanol–water partition coefficient (Wildman–Crippen LogP) is 0.877. The molecule has 1 aliphatic rings. The maximum atomic E-state index is 12.0. The second-order valence-corrected chi connectivity index (χ2v) is 7.00. The van der Waals surface area contributed by atoms with E-state index in [-0.39, 0.29) is 11.9 Å². The lowest BCUT2D eigenvalue weighted by Gasteiger charge is -2.19. The molecule has 1 amide bonds. The van der Waals surface area contributed by atoms with E-state index < -0.39 is 16.2 Å². The number of hydrogen-bond acceptors (Lipinski definition) is 5. The maximum Gasteiger partial charge on any atom is 0.264 e. The molecule has 1 aromatic carbocycles. The van der Waals surface area contributed by atoms with Crippen LogP contribution < -0.4 is 5.32 Å². The monoisotopic (exact) mass is 301 g/mol. The molecule has 0 aromatic heterocycles. The van der Waals surface area contributed by atoms with Gasteiger partial charge >= 0.3 is 0 Å². The van der Waals surface area contributed by atoms with E-state index in [1.54, 1.807) is 36.0 Å². The van der Waals surface area contributed by atoms with Crippen molar-refractivity contribution in [3.63, 3.8) is 0 Å². The zero-order chi connectivity index (χ0) is 13.9. The van der Waals surface area contributed by atoms with Gasteiger partial charge in [0.15, 0.2) is 0 Å². The molecule has 1 aliphatic heterocycles. The van der Waals surface area contributed by atoms with Crippen LogP contribution in [0.25, 0.3) is 0 Å². The maximum absolute atomic E-state index is 12.0. The zero-order valence-electron chi connectivity index (χ0n) is 10.4. The molecule has 0 spiro atoms. The van der Waals surface area contributed by atoms with Crippen LogP contribution in [0.15, 0.2) is 30.3 Å². The van der Waals surface area contributed by atoms with Crippen LogP contribution in [-0.2, 0) is 14.3 Å². The summed E-state index contributed by atoms with van der Waals surface area (Å²) >= 11 is 1.56. The Labute approximate surface area is 116 Å². The van der Waals surface area contributed by atoms with Crippen LogP contribution in [0.3, 0.4) is 0 Å². The van der Waals surface area contributed by atoms with Crippen LogP contribution in [0.2, 0.25) is 0 Å². The highest BCUT2D eigenvalue weighted by Gasteiger charge is 2.32. The van der Waals surface area contributed by atoms with E-state index in [4.69, 9.17) is 4.18 Å². The van der Waals surface area contributed by atoms with Gasteiger partial charge in [-0.1, -0.05) is 18.2 Å². The molecule has 1 N–H and O–H groups in total. The van der Waals surface area contributed by atoms with Crippen molar-refractivity contribution in [1.29, 1.82) is 0 Å². The molecule has 2 rings (SSSR count). The van der Waals surface area contributed by atoms with Gasteiger partial charge in [0.2, 0.25) is 0 Å². The molecule has 2 atom stereocenters. The van der Waals surface area contributed by atoms with Gasteiger partial charge in [-0.05, 0) is 12.1 Å². The largest absolute Gasteiger partial charge is 0.346 e. The normalized spacial score (nSPS) is 23.2. The molecule has 1 saturated heterocycles. The zero-order valence-corrected chi connectivity index (χ0v) is 12.0. The molecule has 1 fully saturated rings. The number of amides is 1. The van der Waals surface area contributed by atoms with E-state index in [9.17, 15) is 13.2 Å². The Hall–Kier alpha value is -1.05. The second-order valence-electron chi connectivity index (χ2n) is 4.32. The van der Waals surface area contributed by atoms with Crippen LogP contribution in [-0.4, -0.2) is 44.2 Å². The van der Waals surface area contributed by atoms with E-state index in [1.165, 1.54) is 0 Å². The molecular weight excluding hydrogens is 286 g/mol. The molecule has 19 heavy (non-hydrogen) atoms. The van der Waals surface area contributed by atoms with Crippen LogP contribution in [0.1, 0.15) is 10.4 Å². The van der Waals surface area contributed by atoms with Crippen LogP contribution >= 0.6 is 11.8 Å². The third kappa shape index (κ3) is 4.22. The van der Waals surface area contributed by atoms with Gasteiger partial charge in [0.1, 0.15) is 6.10 Å². The van der Waals surface area contributed by atoms with Crippen molar-refractivity contribution in [3.05, 3.63) is 35.9 Å². The first kappa shape index (κ1) is 14.4. The lowest BCUT2D eigenvalue weighted by atomic mass is 10.1. The Morgan fingerprint density at radius 2 is 2.00 bits per heavy atom. The Balaban J connectivity index is 2.00. The molecule has 0 radical (unpaired) electrons. The summed E-state index contributed by atoms with van der Waals surface area (Å²) in [5.41, 5.74) is 0.553. The van der Waals surface area contributed by atoms with Gasteiger partial charge in [0.25, 0.3) is 16.0 Å². The predicted molar refractivity (Wildman–Crippen MR) is 74.7 cm³/mol. The molecule has 0 saturated carbocycles. The van der Waals surface area contributed by atoms with Gasteiger partial charge in [-0.25, -0.2) is 0 Å². The SMILES string of the molecule is CS(=O)(=O)OC1CSC[C@H]1NC(=O)c1ccccc1. The molecule has 104 valence electrons. The van der Waals surface area contributed by atoms with Crippen molar-refractivity contribution in [2.45, 2.75) is 12.1 Å². The summed E-state index contributed by atoms with van der Waals surface area (Å²) in [6.45, 7) is 0. The average Bonchev–Trinajstić information content (AvgIpc) is 2.75. The number of rotatable bonds is 4. The average molecular weight is 301 g/mol. The molecule has 5 nitrogen and oxygen atoms in total. The summed E-state index contributed by atoms with van der Waals surface area (Å²) in [7, 11) is -3.51. The van der Waals surface area contributed by atoms with Crippen molar-refractivity contribution in [3.8, 4) is 0 Å².